The van der Waals surface area contributed by atoms with E-state index in [1.54, 1.807) is 32.2 Å². The van der Waals surface area contributed by atoms with Crippen LogP contribution in [0.2, 0.25) is 0 Å². The van der Waals surface area contributed by atoms with Gasteiger partial charge in [-0.1, -0.05) is 0 Å². The minimum absolute atomic E-state index is 0.276. The minimum atomic E-state index is -4.41. The van der Waals surface area contributed by atoms with E-state index in [0.717, 1.165) is 11.8 Å². The lowest BCUT2D eigenvalue weighted by Crippen LogP contribution is -2.26. The highest BCUT2D eigenvalue weighted by molar-refractivity contribution is 6.11. The number of nitrogens with zero attached hydrogens (tertiary/aromatic N) is 5. The summed E-state index contributed by atoms with van der Waals surface area (Å²) in [6.07, 6.45) is -0.355. The quantitative estimate of drug-likeness (QED) is 0.597. The summed E-state index contributed by atoms with van der Waals surface area (Å²) in [5.41, 5.74) is 3.19. The lowest BCUT2D eigenvalue weighted by Gasteiger charge is -2.19. The first-order valence-corrected chi connectivity index (χ1v) is 10.1. The molecule has 4 heterocycles. The van der Waals surface area contributed by atoms with Gasteiger partial charge in [-0.25, -0.2) is 9.97 Å². The molecule has 3 aromatic rings. The molecule has 0 saturated heterocycles. The number of hydrogen-bond donors (Lipinski definition) is 1. The van der Waals surface area contributed by atoms with E-state index in [4.69, 9.17) is 14.6 Å². The molecule has 1 atom stereocenters. The molecule has 0 saturated carbocycles. The molecule has 12 heteroatoms. The maximum atomic E-state index is 13.1. The van der Waals surface area contributed by atoms with Crippen LogP contribution in [-0.2, 0) is 6.54 Å². The second-order valence-corrected chi connectivity index (χ2v) is 7.38. The van der Waals surface area contributed by atoms with Crippen molar-refractivity contribution in [2.45, 2.75) is 32.6 Å². The van der Waals surface area contributed by atoms with Crippen LogP contribution in [0, 0.1) is 6.92 Å². The molecule has 34 heavy (non-hydrogen) atoms. The molecule has 0 unspecified atom stereocenters. The summed E-state index contributed by atoms with van der Waals surface area (Å²) < 4.78 is 49.3. The number of methoxy groups -OCH3 is 2. The lowest BCUT2D eigenvalue weighted by atomic mass is 10.0. The number of carbonyl (C=O) groups is 1. The molecule has 1 aliphatic rings. The number of pyridine rings is 2. The largest absolute Gasteiger partial charge is 0.491 e. The first kappa shape index (κ1) is 25.0. The van der Waals surface area contributed by atoms with Crippen molar-refractivity contribution in [3.8, 4) is 22.9 Å². The number of anilines is 1. The third kappa shape index (κ3) is 4.67. The molecule has 0 bridgehead atoms. The summed E-state index contributed by atoms with van der Waals surface area (Å²) in [6.45, 7) is 2.33. The zero-order valence-corrected chi connectivity index (χ0v) is 19.2. The van der Waals surface area contributed by atoms with Gasteiger partial charge in [-0.2, -0.15) is 18.3 Å². The summed E-state index contributed by atoms with van der Waals surface area (Å²) in [5, 5.41) is 10.7. The SMILES string of the molecule is CO.COc1cc(-c2cc(C)c3c(n2)[C@H](C)N(c2cnn(CC(F)(F)F)c2)C3=O)cnc1OC. The molecule has 0 aliphatic carbocycles. The molecule has 4 rings (SSSR count). The summed E-state index contributed by atoms with van der Waals surface area (Å²) >= 11 is 0. The van der Waals surface area contributed by atoms with Gasteiger partial charge in [0.1, 0.15) is 6.54 Å². The zero-order chi connectivity index (χ0) is 25.2. The van der Waals surface area contributed by atoms with Gasteiger partial charge in [0.2, 0.25) is 0 Å². The summed E-state index contributed by atoms with van der Waals surface area (Å²) in [6, 6.07) is 3.01. The highest BCUT2D eigenvalue weighted by Gasteiger charge is 2.39. The molecular weight excluding hydrogens is 455 g/mol. The predicted octanol–water partition coefficient (Wildman–Crippen LogP) is 3.56. The molecule has 3 aromatic heterocycles. The molecule has 1 N–H and O–H groups in total. The van der Waals surface area contributed by atoms with E-state index in [2.05, 4.69) is 15.1 Å². The minimum Gasteiger partial charge on any atom is -0.491 e. The lowest BCUT2D eigenvalue weighted by molar-refractivity contribution is -0.142. The molecular formula is C22H24F3N5O4. The Morgan fingerprint density at radius 1 is 1.15 bits per heavy atom. The number of ether oxygens (including phenoxy) is 2. The smallest absolute Gasteiger partial charge is 0.408 e. The highest BCUT2D eigenvalue weighted by atomic mass is 19.4. The molecule has 0 spiro atoms. The second-order valence-electron chi connectivity index (χ2n) is 7.38. The van der Waals surface area contributed by atoms with Gasteiger partial charge in [0.25, 0.3) is 11.8 Å². The van der Waals surface area contributed by atoms with Gasteiger partial charge in [0.05, 0.1) is 49.1 Å². The number of aliphatic hydroxyl groups is 1. The molecule has 9 nitrogen and oxygen atoms in total. The van der Waals surface area contributed by atoms with Crippen molar-refractivity contribution in [2.24, 2.45) is 0 Å². The number of alkyl halides is 3. The fourth-order valence-corrected chi connectivity index (χ4v) is 3.80. The van der Waals surface area contributed by atoms with Crippen molar-refractivity contribution < 1.29 is 32.5 Å². The molecule has 0 aromatic carbocycles. The number of amides is 1. The summed E-state index contributed by atoms with van der Waals surface area (Å²) in [5.74, 6) is 0.438. The van der Waals surface area contributed by atoms with E-state index < -0.39 is 18.8 Å². The number of hydrogen-bond acceptors (Lipinski definition) is 7. The fourth-order valence-electron chi connectivity index (χ4n) is 3.80. The van der Waals surface area contributed by atoms with E-state index in [1.807, 2.05) is 0 Å². The number of rotatable bonds is 5. The van der Waals surface area contributed by atoms with Crippen LogP contribution in [0.4, 0.5) is 18.9 Å². The van der Waals surface area contributed by atoms with E-state index in [1.165, 1.54) is 31.5 Å². The Hall–Kier alpha value is -3.67. The Kier molecular flexibility index (Phi) is 7.10. The Morgan fingerprint density at radius 3 is 2.47 bits per heavy atom. The van der Waals surface area contributed by atoms with Crippen molar-refractivity contribution in [2.75, 3.05) is 26.2 Å². The Balaban J connectivity index is 0.00000158. The van der Waals surface area contributed by atoms with Crippen LogP contribution in [0.1, 0.15) is 34.6 Å². The summed E-state index contributed by atoms with van der Waals surface area (Å²) in [4.78, 5) is 23.4. The Morgan fingerprint density at radius 2 is 1.85 bits per heavy atom. The van der Waals surface area contributed by atoms with Crippen molar-refractivity contribution in [3.63, 3.8) is 0 Å². The van der Waals surface area contributed by atoms with Crippen LogP contribution in [0.25, 0.3) is 11.3 Å². The standard InChI is InChI=1S/C21H20F3N5O3.CH4O/c1-11-5-15(13-6-16(31-3)19(32-4)25-7-13)27-18-12(2)29(20(30)17(11)18)14-8-26-28(9-14)10-21(22,23)24;1-2/h5-9,12H,10H2,1-4H3;2H,1H3/t12-;/m0./s1. The van der Waals surface area contributed by atoms with Crippen LogP contribution in [0.15, 0.2) is 30.7 Å². The third-order valence-electron chi connectivity index (χ3n) is 5.23. The van der Waals surface area contributed by atoms with Crippen molar-refractivity contribution in [1.29, 1.82) is 0 Å². The Bertz CT molecular complexity index is 1200. The number of halogens is 3. The van der Waals surface area contributed by atoms with Crippen molar-refractivity contribution >= 4 is 11.6 Å². The van der Waals surface area contributed by atoms with Crippen LogP contribution in [0.3, 0.4) is 0 Å². The van der Waals surface area contributed by atoms with Crippen molar-refractivity contribution in [3.05, 3.63) is 47.5 Å². The Labute approximate surface area is 193 Å². The van der Waals surface area contributed by atoms with E-state index in [9.17, 15) is 18.0 Å². The van der Waals surface area contributed by atoms with Crippen LogP contribution in [-0.4, -0.2) is 58.3 Å². The molecule has 0 fully saturated rings. The second kappa shape index (κ2) is 9.67. The molecule has 182 valence electrons. The average Bonchev–Trinajstić information content (AvgIpc) is 3.34. The average molecular weight is 479 g/mol. The van der Waals surface area contributed by atoms with Gasteiger partial charge in [-0.3, -0.25) is 14.4 Å². The maximum Gasteiger partial charge on any atom is 0.408 e. The molecule has 0 radical (unpaired) electrons. The van der Waals surface area contributed by atoms with Crippen molar-refractivity contribution in [1.82, 2.24) is 19.7 Å². The van der Waals surface area contributed by atoms with E-state index in [-0.39, 0.29) is 11.6 Å². The van der Waals surface area contributed by atoms with Gasteiger partial charge in [0.15, 0.2) is 5.75 Å². The molecule has 1 aliphatic heterocycles. The fraction of sp³-hybridized carbons (Fsp3) is 0.364. The number of aromatic nitrogens is 4. The number of aliphatic hydroxyl groups excluding tert-OH is 1. The first-order valence-electron chi connectivity index (χ1n) is 10.1. The van der Waals surface area contributed by atoms with Gasteiger partial charge in [0, 0.05) is 25.1 Å². The zero-order valence-electron chi connectivity index (χ0n) is 19.2. The highest BCUT2D eigenvalue weighted by Crippen LogP contribution is 2.39. The van der Waals surface area contributed by atoms with Crippen LogP contribution >= 0.6 is 0 Å². The number of carbonyl (C=O) groups excluding carboxylic acids is 1. The number of aryl methyl sites for hydroxylation is 1. The van der Waals surface area contributed by atoms with E-state index >= 15 is 0 Å². The topological polar surface area (TPSA) is 103 Å². The number of fused-ring (bicyclic) bond motifs is 1. The molecule has 1 amide bonds. The monoisotopic (exact) mass is 479 g/mol. The van der Waals surface area contributed by atoms with Gasteiger partial charge in [-0.15, -0.1) is 0 Å². The summed E-state index contributed by atoms with van der Waals surface area (Å²) in [7, 11) is 3.99. The first-order chi connectivity index (χ1) is 16.1. The van der Waals surface area contributed by atoms with Gasteiger partial charge >= 0.3 is 6.18 Å². The van der Waals surface area contributed by atoms with Crippen LogP contribution in [0.5, 0.6) is 11.6 Å². The van der Waals surface area contributed by atoms with Crippen LogP contribution < -0.4 is 14.4 Å². The van der Waals surface area contributed by atoms with Gasteiger partial charge in [-0.05, 0) is 31.5 Å². The van der Waals surface area contributed by atoms with E-state index in [0.29, 0.717) is 39.7 Å². The van der Waals surface area contributed by atoms with Gasteiger partial charge < -0.3 is 14.6 Å². The predicted molar refractivity (Wildman–Crippen MR) is 117 cm³/mol. The maximum absolute atomic E-state index is 13.1. The third-order valence-corrected chi connectivity index (χ3v) is 5.23. The normalized spacial score (nSPS) is 15.0.